The van der Waals surface area contributed by atoms with E-state index in [4.69, 9.17) is 9.97 Å². The lowest BCUT2D eigenvalue weighted by Gasteiger charge is -2.37. The van der Waals surface area contributed by atoms with Crippen molar-refractivity contribution in [3.05, 3.63) is 41.5 Å². The third kappa shape index (κ3) is 4.24. The second-order valence-corrected chi connectivity index (χ2v) is 9.40. The second-order valence-electron chi connectivity index (χ2n) is 9.40. The molecule has 28 heavy (non-hydrogen) atoms. The lowest BCUT2D eigenvalue weighted by Crippen LogP contribution is -2.47. The molecule has 1 saturated heterocycles. The van der Waals surface area contributed by atoms with Crippen molar-refractivity contribution in [1.82, 2.24) is 15.0 Å². The number of nitrogens with zero attached hydrogens (tertiary/aromatic N) is 6. The Morgan fingerprint density at radius 2 is 1.57 bits per heavy atom. The molecule has 0 amide bonds. The van der Waals surface area contributed by atoms with Crippen LogP contribution in [0.15, 0.2) is 24.4 Å². The minimum atomic E-state index is -0.104. The van der Waals surface area contributed by atoms with Crippen LogP contribution in [-0.4, -0.2) is 41.1 Å². The van der Waals surface area contributed by atoms with Gasteiger partial charge < -0.3 is 9.80 Å². The third-order valence-corrected chi connectivity index (χ3v) is 4.96. The van der Waals surface area contributed by atoms with E-state index in [9.17, 15) is 5.26 Å². The van der Waals surface area contributed by atoms with Crippen molar-refractivity contribution in [1.29, 1.82) is 5.26 Å². The summed E-state index contributed by atoms with van der Waals surface area (Å²) in [7, 11) is 0. The fourth-order valence-corrected chi connectivity index (χ4v) is 3.20. The maximum Gasteiger partial charge on any atom is 0.146 e. The van der Waals surface area contributed by atoms with E-state index in [2.05, 4.69) is 68.5 Å². The van der Waals surface area contributed by atoms with Gasteiger partial charge in [-0.1, -0.05) is 41.5 Å². The molecular weight excluding hydrogens is 348 g/mol. The minimum absolute atomic E-state index is 0.0326. The van der Waals surface area contributed by atoms with Crippen LogP contribution in [0, 0.1) is 11.3 Å². The first-order chi connectivity index (χ1) is 13.1. The van der Waals surface area contributed by atoms with E-state index >= 15 is 0 Å². The summed E-state index contributed by atoms with van der Waals surface area (Å²) in [5.74, 6) is 2.65. The van der Waals surface area contributed by atoms with E-state index in [0.717, 1.165) is 49.3 Å². The first-order valence-electron chi connectivity index (χ1n) is 9.84. The van der Waals surface area contributed by atoms with Gasteiger partial charge in [0.05, 0.1) is 11.3 Å². The second kappa shape index (κ2) is 7.38. The van der Waals surface area contributed by atoms with Crippen LogP contribution in [0.3, 0.4) is 0 Å². The number of hydrogen-bond acceptors (Lipinski definition) is 6. The number of aromatic nitrogens is 3. The van der Waals surface area contributed by atoms with Crippen molar-refractivity contribution < 1.29 is 0 Å². The average molecular weight is 379 g/mol. The summed E-state index contributed by atoms with van der Waals surface area (Å²) < 4.78 is 0. The molecule has 0 radical (unpaired) electrons. The molecule has 2 aromatic rings. The summed E-state index contributed by atoms with van der Waals surface area (Å²) in [4.78, 5) is 18.7. The zero-order valence-corrected chi connectivity index (χ0v) is 17.8. The van der Waals surface area contributed by atoms with Gasteiger partial charge in [-0.05, 0) is 12.1 Å². The number of rotatable bonds is 2. The van der Waals surface area contributed by atoms with Crippen molar-refractivity contribution in [2.24, 2.45) is 0 Å². The Balaban J connectivity index is 1.85. The van der Waals surface area contributed by atoms with Crippen LogP contribution in [0.25, 0.3) is 0 Å². The molecule has 0 N–H and O–H groups in total. The highest BCUT2D eigenvalue weighted by molar-refractivity contribution is 5.55. The normalized spacial score (nSPS) is 15.5. The summed E-state index contributed by atoms with van der Waals surface area (Å²) in [5, 5.41) is 9.35. The summed E-state index contributed by atoms with van der Waals surface area (Å²) >= 11 is 0. The van der Waals surface area contributed by atoms with Gasteiger partial charge in [0.1, 0.15) is 23.5 Å². The fraction of sp³-hybridized carbons (Fsp3) is 0.545. The maximum absolute atomic E-state index is 9.35. The smallest absolute Gasteiger partial charge is 0.146 e. The Hall–Kier alpha value is -2.68. The predicted octanol–water partition coefficient (Wildman–Crippen LogP) is 3.66. The molecule has 0 spiro atoms. The Morgan fingerprint density at radius 1 is 0.929 bits per heavy atom. The molecule has 6 nitrogen and oxygen atoms in total. The zero-order chi connectivity index (χ0) is 20.5. The number of nitriles is 1. The summed E-state index contributed by atoms with van der Waals surface area (Å²) in [5.41, 5.74) is 1.56. The van der Waals surface area contributed by atoms with E-state index < -0.39 is 0 Å². The fourth-order valence-electron chi connectivity index (χ4n) is 3.20. The monoisotopic (exact) mass is 378 g/mol. The van der Waals surface area contributed by atoms with E-state index in [1.165, 1.54) is 0 Å². The molecule has 148 valence electrons. The molecule has 0 saturated carbocycles. The van der Waals surface area contributed by atoms with Gasteiger partial charge in [-0.2, -0.15) is 5.26 Å². The van der Waals surface area contributed by atoms with E-state index in [-0.39, 0.29) is 10.8 Å². The van der Waals surface area contributed by atoms with Crippen molar-refractivity contribution in [2.75, 3.05) is 36.0 Å². The molecule has 3 heterocycles. The largest absolute Gasteiger partial charge is 0.353 e. The Bertz CT molecular complexity index is 845. The molecule has 0 atom stereocenters. The Kier molecular flexibility index (Phi) is 5.29. The number of piperazine rings is 1. The van der Waals surface area contributed by atoms with Gasteiger partial charge in [0.25, 0.3) is 0 Å². The van der Waals surface area contributed by atoms with Crippen molar-refractivity contribution in [3.63, 3.8) is 0 Å². The standard InChI is InChI=1S/C22H30N6/c1-21(2,3)17-14-18(26-20(25-17)22(4,5)6)27-10-12-28(13-11-27)19-16(15-23)8-7-9-24-19/h7-9,14H,10-13H2,1-6H3. The zero-order valence-electron chi connectivity index (χ0n) is 17.8. The van der Waals surface area contributed by atoms with Gasteiger partial charge in [0.2, 0.25) is 0 Å². The number of anilines is 2. The summed E-state index contributed by atoms with van der Waals surface area (Å²) in [6, 6.07) is 8.01. The van der Waals surface area contributed by atoms with Gasteiger partial charge >= 0.3 is 0 Å². The summed E-state index contributed by atoms with van der Waals surface area (Å²) in [6.07, 6.45) is 1.75. The minimum Gasteiger partial charge on any atom is -0.353 e. The molecule has 6 heteroatoms. The van der Waals surface area contributed by atoms with Gasteiger partial charge in [0.15, 0.2) is 0 Å². The number of pyridine rings is 1. The molecule has 0 aliphatic carbocycles. The topological polar surface area (TPSA) is 68.9 Å². The average Bonchev–Trinajstić information content (AvgIpc) is 2.66. The predicted molar refractivity (Wildman–Crippen MR) is 113 cm³/mol. The van der Waals surface area contributed by atoms with Crippen LogP contribution in [0.2, 0.25) is 0 Å². The van der Waals surface area contributed by atoms with Crippen molar-refractivity contribution >= 4 is 11.6 Å². The highest BCUT2D eigenvalue weighted by atomic mass is 15.3. The van der Waals surface area contributed by atoms with Crippen molar-refractivity contribution in [2.45, 2.75) is 52.4 Å². The first-order valence-corrected chi connectivity index (χ1v) is 9.84. The highest BCUT2D eigenvalue weighted by Gasteiger charge is 2.27. The molecule has 3 rings (SSSR count). The number of hydrogen-bond donors (Lipinski definition) is 0. The SMILES string of the molecule is CC(C)(C)c1cc(N2CCN(c3ncccc3C#N)CC2)nc(C(C)(C)C)n1. The lowest BCUT2D eigenvalue weighted by atomic mass is 9.90. The quantitative estimate of drug-likeness (QED) is 0.794. The van der Waals surface area contributed by atoms with E-state index in [1.807, 2.05) is 6.07 Å². The van der Waals surface area contributed by atoms with Crippen LogP contribution in [0.1, 0.15) is 58.6 Å². The van der Waals surface area contributed by atoms with Crippen LogP contribution >= 0.6 is 0 Å². The lowest BCUT2D eigenvalue weighted by molar-refractivity contribution is 0.510. The molecule has 1 aliphatic rings. The molecule has 0 aromatic carbocycles. The van der Waals surface area contributed by atoms with Crippen LogP contribution in [-0.2, 0) is 10.8 Å². The first kappa shape index (κ1) is 20.1. The maximum atomic E-state index is 9.35. The van der Waals surface area contributed by atoms with Gasteiger partial charge in [-0.3, -0.25) is 0 Å². The van der Waals surface area contributed by atoms with E-state index in [1.54, 1.807) is 12.3 Å². The van der Waals surface area contributed by atoms with Gasteiger partial charge in [-0.15, -0.1) is 0 Å². The molecule has 2 aromatic heterocycles. The molecule has 1 aliphatic heterocycles. The van der Waals surface area contributed by atoms with Crippen LogP contribution in [0.4, 0.5) is 11.6 Å². The van der Waals surface area contributed by atoms with E-state index in [0.29, 0.717) is 5.56 Å². The molecular formula is C22H30N6. The Labute approximate surface area is 168 Å². The van der Waals surface area contributed by atoms with Crippen molar-refractivity contribution in [3.8, 4) is 6.07 Å². The van der Waals surface area contributed by atoms with Gasteiger partial charge in [0, 0.05) is 49.3 Å². The molecule has 0 bridgehead atoms. The third-order valence-electron chi connectivity index (χ3n) is 4.96. The molecule has 1 fully saturated rings. The highest BCUT2D eigenvalue weighted by Crippen LogP contribution is 2.29. The Morgan fingerprint density at radius 3 is 2.14 bits per heavy atom. The van der Waals surface area contributed by atoms with Gasteiger partial charge in [-0.25, -0.2) is 15.0 Å². The van der Waals surface area contributed by atoms with Crippen LogP contribution < -0.4 is 9.80 Å². The summed E-state index contributed by atoms with van der Waals surface area (Å²) in [6.45, 7) is 16.3. The molecule has 0 unspecified atom stereocenters. The van der Waals surface area contributed by atoms with Crippen LogP contribution in [0.5, 0.6) is 0 Å².